The van der Waals surface area contributed by atoms with Crippen LogP contribution in [0.2, 0.25) is 0 Å². The van der Waals surface area contributed by atoms with E-state index in [1.165, 1.54) is 30.6 Å². The lowest BCUT2D eigenvalue weighted by molar-refractivity contribution is 0.302. The molecule has 0 saturated carbocycles. The first-order valence-corrected chi connectivity index (χ1v) is 7.76. The number of likely N-dealkylation sites (N-methyl/N-ethyl adjacent to an activating group) is 1. The predicted molar refractivity (Wildman–Crippen MR) is 85.5 cm³/mol. The van der Waals surface area contributed by atoms with Gasteiger partial charge in [-0.2, -0.15) is 0 Å². The zero-order valence-electron chi connectivity index (χ0n) is 12.4. The molecule has 0 radical (unpaired) electrons. The van der Waals surface area contributed by atoms with Gasteiger partial charge in [-0.3, -0.25) is 0 Å². The number of rotatable bonds is 7. The van der Waals surface area contributed by atoms with Crippen LogP contribution in [0.25, 0.3) is 0 Å². The van der Waals surface area contributed by atoms with E-state index in [2.05, 4.69) is 46.7 Å². The first-order valence-electron chi connectivity index (χ1n) is 7.76. The fourth-order valence-electron chi connectivity index (χ4n) is 2.72. The fourth-order valence-corrected chi connectivity index (χ4v) is 2.72. The quantitative estimate of drug-likeness (QED) is 0.714. The Morgan fingerprint density at radius 1 is 1.30 bits per heavy atom. The van der Waals surface area contributed by atoms with Gasteiger partial charge in [0.15, 0.2) is 0 Å². The summed E-state index contributed by atoms with van der Waals surface area (Å²) >= 11 is 0. The van der Waals surface area contributed by atoms with E-state index in [1.807, 2.05) is 0 Å². The molecule has 4 heteroatoms. The van der Waals surface area contributed by atoms with Gasteiger partial charge in [0.25, 0.3) is 0 Å². The second-order valence-corrected chi connectivity index (χ2v) is 5.38. The molecular formula is C16H27N3O. The Bertz CT molecular complexity index is 374. The normalized spacial score (nSPS) is 18.8. The minimum Gasteiger partial charge on any atom is -0.395 e. The van der Waals surface area contributed by atoms with Gasteiger partial charge in [0.05, 0.1) is 6.61 Å². The number of aliphatic hydroxyl groups is 1. The van der Waals surface area contributed by atoms with Crippen molar-refractivity contribution in [2.24, 2.45) is 0 Å². The van der Waals surface area contributed by atoms with Crippen LogP contribution in [0.1, 0.15) is 26.2 Å². The number of hydrogen-bond acceptors (Lipinski definition) is 4. The third-order valence-corrected chi connectivity index (χ3v) is 3.95. The summed E-state index contributed by atoms with van der Waals surface area (Å²) in [6, 6.07) is 9.09. The van der Waals surface area contributed by atoms with Crippen molar-refractivity contribution in [3.05, 3.63) is 24.3 Å². The van der Waals surface area contributed by atoms with Crippen LogP contribution in [0.4, 0.5) is 11.4 Å². The maximum atomic E-state index is 9.05. The number of nitrogens with zero attached hydrogens (tertiary/aromatic N) is 1. The largest absolute Gasteiger partial charge is 0.395 e. The summed E-state index contributed by atoms with van der Waals surface area (Å²) in [4.78, 5) is 2.17. The van der Waals surface area contributed by atoms with Crippen LogP contribution in [-0.4, -0.2) is 43.9 Å². The smallest absolute Gasteiger partial charge is 0.0606 e. The molecule has 0 aromatic heterocycles. The third-order valence-electron chi connectivity index (χ3n) is 3.95. The lowest BCUT2D eigenvalue weighted by Crippen LogP contribution is -2.39. The van der Waals surface area contributed by atoms with Gasteiger partial charge in [-0.1, -0.05) is 6.42 Å². The Morgan fingerprint density at radius 3 is 2.70 bits per heavy atom. The van der Waals surface area contributed by atoms with E-state index in [9.17, 15) is 0 Å². The number of benzene rings is 1. The van der Waals surface area contributed by atoms with Gasteiger partial charge in [-0.25, -0.2) is 0 Å². The molecule has 20 heavy (non-hydrogen) atoms. The summed E-state index contributed by atoms with van der Waals surface area (Å²) in [5, 5.41) is 16.1. The molecular weight excluding hydrogens is 250 g/mol. The van der Waals surface area contributed by atoms with Crippen LogP contribution >= 0.6 is 0 Å². The average Bonchev–Trinajstić information content (AvgIpc) is 2.52. The highest BCUT2D eigenvalue weighted by Crippen LogP contribution is 2.18. The van der Waals surface area contributed by atoms with Crippen LogP contribution in [0.3, 0.4) is 0 Å². The molecule has 112 valence electrons. The molecule has 3 N–H and O–H groups in total. The Morgan fingerprint density at radius 2 is 2.10 bits per heavy atom. The summed E-state index contributed by atoms with van der Waals surface area (Å²) in [5.41, 5.74) is 2.34. The van der Waals surface area contributed by atoms with E-state index in [-0.39, 0.29) is 6.61 Å². The van der Waals surface area contributed by atoms with E-state index in [4.69, 9.17) is 5.11 Å². The van der Waals surface area contributed by atoms with Gasteiger partial charge in [0.2, 0.25) is 0 Å². The number of anilines is 2. The van der Waals surface area contributed by atoms with Gasteiger partial charge >= 0.3 is 0 Å². The molecule has 1 unspecified atom stereocenters. The number of hydrogen-bond donors (Lipinski definition) is 3. The van der Waals surface area contributed by atoms with Crippen molar-refractivity contribution in [2.45, 2.75) is 32.2 Å². The zero-order valence-corrected chi connectivity index (χ0v) is 12.4. The molecule has 1 heterocycles. The minimum absolute atomic E-state index is 0.196. The SMILES string of the molecule is CCN(CCO)c1ccc(NCC2CCCCN2)cc1. The van der Waals surface area contributed by atoms with Crippen molar-refractivity contribution >= 4 is 11.4 Å². The molecule has 2 rings (SSSR count). The minimum atomic E-state index is 0.196. The Balaban J connectivity index is 1.84. The Labute approximate surface area is 122 Å². The fraction of sp³-hybridized carbons (Fsp3) is 0.625. The lowest BCUT2D eigenvalue weighted by Gasteiger charge is -2.25. The number of aliphatic hydroxyl groups excluding tert-OH is 1. The van der Waals surface area contributed by atoms with Crippen molar-refractivity contribution in [1.82, 2.24) is 5.32 Å². The second kappa shape index (κ2) is 8.12. The summed E-state index contributed by atoms with van der Waals surface area (Å²) in [6.07, 6.45) is 3.92. The van der Waals surface area contributed by atoms with E-state index in [1.54, 1.807) is 0 Å². The molecule has 1 aromatic carbocycles. The number of nitrogens with one attached hydrogen (secondary N) is 2. The van der Waals surface area contributed by atoms with Crippen LogP contribution < -0.4 is 15.5 Å². The van der Waals surface area contributed by atoms with E-state index < -0.39 is 0 Å². The molecule has 1 atom stereocenters. The molecule has 1 fully saturated rings. The zero-order chi connectivity index (χ0) is 14.2. The van der Waals surface area contributed by atoms with Crippen LogP contribution in [0.15, 0.2) is 24.3 Å². The highest BCUT2D eigenvalue weighted by molar-refractivity contribution is 5.55. The van der Waals surface area contributed by atoms with Crippen LogP contribution in [0.5, 0.6) is 0 Å². The van der Waals surface area contributed by atoms with Crippen molar-refractivity contribution in [3.8, 4) is 0 Å². The topological polar surface area (TPSA) is 47.5 Å². The summed E-state index contributed by atoms with van der Waals surface area (Å²) in [7, 11) is 0. The van der Waals surface area contributed by atoms with Gasteiger partial charge in [-0.05, 0) is 50.6 Å². The standard InChI is InChI=1S/C16H27N3O/c1-2-19(11-12-20)16-8-6-14(7-9-16)18-13-15-5-3-4-10-17-15/h6-9,15,17-18,20H,2-5,10-13H2,1H3. The van der Waals surface area contributed by atoms with Crippen molar-refractivity contribution in [3.63, 3.8) is 0 Å². The summed E-state index contributed by atoms with van der Waals surface area (Å²) < 4.78 is 0. The molecule has 4 nitrogen and oxygen atoms in total. The maximum absolute atomic E-state index is 9.05. The van der Waals surface area contributed by atoms with Crippen molar-refractivity contribution in [2.75, 3.05) is 43.0 Å². The van der Waals surface area contributed by atoms with Crippen molar-refractivity contribution in [1.29, 1.82) is 0 Å². The van der Waals surface area contributed by atoms with Crippen LogP contribution in [0, 0.1) is 0 Å². The third kappa shape index (κ3) is 4.39. The molecule has 0 bridgehead atoms. The molecule has 1 aliphatic heterocycles. The highest BCUT2D eigenvalue weighted by atomic mass is 16.3. The van der Waals surface area contributed by atoms with E-state index >= 15 is 0 Å². The molecule has 0 amide bonds. The molecule has 0 aliphatic carbocycles. The molecule has 0 spiro atoms. The first kappa shape index (κ1) is 15.1. The monoisotopic (exact) mass is 277 g/mol. The number of piperidine rings is 1. The first-order chi connectivity index (χ1) is 9.83. The summed E-state index contributed by atoms with van der Waals surface area (Å²) in [6.45, 7) is 6.05. The average molecular weight is 277 g/mol. The molecule has 1 aromatic rings. The second-order valence-electron chi connectivity index (χ2n) is 5.38. The van der Waals surface area contributed by atoms with Crippen molar-refractivity contribution < 1.29 is 5.11 Å². The predicted octanol–water partition coefficient (Wildman–Crippen LogP) is 2.06. The van der Waals surface area contributed by atoms with Crippen LogP contribution in [-0.2, 0) is 0 Å². The van der Waals surface area contributed by atoms with Gasteiger partial charge in [0, 0.05) is 37.1 Å². The van der Waals surface area contributed by atoms with Gasteiger partial charge in [0.1, 0.15) is 0 Å². The van der Waals surface area contributed by atoms with E-state index in [0.29, 0.717) is 12.6 Å². The molecule has 1 saturated heterocycles. The highest BCUT2D eigenvalue weighted by Gasteiger charge is 2.11. The Kier molecular flexibility index (Phi) is 6.15. The molecule has 1 aliphatic rings. The van der Waals surface area contributed by atoms with Gasteiger partial charge < -0.3 is 20.6 Å². The van der Waals surface area contributed by atoms with E-state index in [0.717, 1.165) is 19.6 Å². The lowest BCUT2D eigenvalue weighted by atomic mass is 10.1. The summed E-state index contributed by atoms with van der Waals surface area (Å²) in [5.74, 6) is 0. The maximum Gasteiger partial charge on any atom is 0.0606 e. The van der Waals surface area contributed by atoms with Gasteiger partial charge in [-0.15, -0.1) is 0 Å². The Hall–Kier alpha value is -1.26.